The second-order valence-electron chi connectivity index (χ2n) is 5.74. The molecule has 0 aliphatic rings. The van der Waals surface area contributed by atoms with Crippen LogP contribution in [0.25, 0.3) is 9.75 Å². The predicted octanol–water partition coefficient (Wildman–Crippen LogP) is 2.89. The van der Waals surface area contributed by atoms with E-state index in [1.807, 2.05) is 29.6 Å². The standard InChI is InChI=1S/C16H20F2N2O3S2/c1-16(22,15(17)18)13(14(21)20-23)19-8-2-4-10-6-7-12(25-10)11-5-3-9-24-11/h3,5-7,9,13,15,19,22-23H,2,4,8H2,1H3,(H,20,21)/t13-,16+/m1/s1. The van der Waals surface area contributed by atoms with Gasteiger partial charge in [0, 0.05) is 14.6 Å². The van der Waals surface area contributed by atoms with Gasteiger partial charge in [-0.2, -0.15) is 0 Å². The molecule has 2 rings (SSSR count). The van der Waals surface area contributed by atoms with Crippen molar-refractivity contribution in [1.29, 1.82) is 0 Å². The molecular weight excluding hydrogens is 370 g/mol. The van der Waals surface area contributed by atoms with Crippen molar-refractivity contribution in [2.24, 2.45) is 0 Å². The number of carbonyl (C=O) groups excluding carboxylic acids is 1. The van der Waals surface area contributed by atoms with Crippen LogP contribution >= 0.6 is 22.7 Å². The first-order valence-corrected chi connectivity index (χ1v) is 9.36. The van der Waals surface area contributed by atoms with Crippen LogP contribution in [-0.4, -0.2) is 40.8 Å². The van der Waals surface area contributed by atoms with Crippen LogP contribution in [-0.2, 0) is 11.2 Å². The Labute approximate surface area is 152 Å². The average molecular weight is 390 g/mol. The first-order chi connectivity index (χ1) is 11.9. The van der Waals surface area contributed by atoms with Gasteiger partial charge in [-0.1, -0.05) is 6.07 Å². The molecule has 4 N–H and O–H groups in total. The minimum absolute atomic E-state index is 0.243. The fourth-order valence-electron chi connectivity index (χ4n) is 2.33. The summed E-state index contributed by atoms with van der Waals surface area (Å²) >= 11 is 3.33. The van der Waals surface area contributed by atoms with Gasteiger partial charge >= 0.3 is 0 Å². The molecule has 25 heavy (non-hydrogen) atoms. The Hall–Kier alpha value is -1.39. The minimum Gasteiger partial charge on any atom is -0.382 e. The van der Waals surface area contributed by atoms with Crippen molar-refractivity contribution in [3.05, 3.63) is 34.5 Å². The third-order valence-corrected chi connectivity index (χ3v) is 5.98. The number of aliphatic hydroxyl groups is 1. The monoisotopic (exact) mass is 390 g/mol. The van der Waals surface area contributed by atoms with Gasteiger partial charge in [0.2, 0.25) is 0 Å². The zero-order valence-electron chi connectivity index (χ0n) is 13.5. The molecule has 0 saturated carbocycles. The number of halogens is 2. The number of alkyl halides is 2. The van der Waals surface area contributed by atoms with Crippen molar-refractivity contribution >= 4 is 28.6 Å². The molecule has 0 saturated heterocycles. The van der Waals surface area contributed by atoms with E-state index in [0.717, 1.165) is 11.8 Å². The number of hydrogen-bond donors (Lipinski definition) is 4. The smallest absolute Gasteiger partial charge is 0.268 e. The highest BCUT2D eigenvalue weighted by molar-refractivity contribution is 7.21. The van der Waals surface area contributed by atoms with Crippen LogP contribution in [0, 0.1) is 0 Å². The number of nitrogens with one attached hydrogen (secondary N) is 2. The van der Waals surface area contributed by atoms with E-state index in [-0.39, 0.29) is 6.54 Å². The number of amides is 1. The van der Waals surface area contributed by atoms with Gasteiger partial charge in [-0.3, -0.25) is 10.0 Å². The van der Waals surface area contributed by atoms with Gasteiger partial charge in [0.05, 0.1) is 0 Å². The molecule has 0 aromatic carbocycles. The molecule has 2 aromatic rings. The summed E-state index contributed by atoms with van der Waals surface area (Å²) < 4.78 is 25.8. The van der Waals surface area contributed by atoms with E-state index >= 15 is 0 Å². The number of carbonyl (C=O) groups is 1. The molecule has 5 nitrogen and oxygen atoms in total. The minimum atomic E-state index is -3.13. The fourth-order valence-corrected chi connectivity index (χ4v) is 4.21. The lowest BCUT2D eigenvalue weighted by Crippen LogP contribution is -2.60. The lowest BCUT2D eigenvalue weighted by Gasteiger charge is -2.31. The molecule has 0 aliphatic carbocycles. The van der Waals surface area contributed by atoms with Crippen LogP contribution in [0.5, 0.6) is 0 Å². The highest BCUT2D eigenvalue weighted by Crippen LogP contribution is 2.31. The molecule has 9 heteroatoms. The summed E-state index contributed by atoms with van der Waals surface area (Å²) in [6, 6.07) is 6.50. The number of hydrogen-bond acceptors (Lipinski definition) is 6. The van der Waals surface area contributed by atoms with Crippen LogP contribution in [0.15, 0.2) is 29.6 Å². The lowest BCUT2D eigenvalue weighted by molar-refractivity contribution is -0.150. The summed E-state index contributed by atoms with van der Waals surface area (Å²) in [7, 11) is 0. The van der Waals surface area contributed by atoms with Crippen molar-refractivity contribution in [3.8, 4) is 9.75 Å². The third-order valence-electron chi connectivity index (χ3n) is 3.77. The van der Waals surface area contributed by atoms with Crippen LogP contribution in [0.4, 0.5) is 8.78 Å². The zero-order valence-corrected chi connectivity index (χ0v) is 15.2. The highest BCUT2D eigenvalue weighted by atomic mass is 32.1. The Morgan fingerprint density at radius 2 is 2.08 bits per heavy atom. The predicted molar refractivity (Wildman–Crippen MR) is 94.3 cm³/mol. The molecule has 0 unspecified atom stereocenters. The van der Waals surface area contributed by atoms with Crippen molar-refractivity contribution < 1.29 is 23.9 Å². The van der Waals surface area contributed by atoms with Crippen molar-refractivity contribution in [2.75, 3.05) is 6.54 Å². The number of rotatable bonds is 9. The average Bonchev–Trinajstić information content (AvgIpc) is 3.25. The molecule has 0 fully saturated rings. The SMILES string of the molecule is C[C@@](O)(C(F)F)[C@H](NCCCc1ccc(-c2cccs2)s1)C(=O)NO. The van der Waals surface area contributed by atoms with Crippen LogP contribution in [0.2, 0.25) is 0 Å². The summed E-state index contributed by atoms with van der Waals surface area (Å²) in [6.45, 7) is 1.10. The molecule has 138 valence electrons. The molecule has 2 heterocycles. The van der Waals surface area contributed by atoms with E-state index in [0.29, 0.717) is 12.8 Å². The van der Waals surface area contributed by atoms with Gasteiger partial charge in [0.25, 0.3) is 12.3 Å². The number of hydroxylamine groups is 1. The van der Waals surface area contributed by atoms with Crippen LogP contribution in [0.1, 0.15) is 18.2 Å². The van der Waals surface area contributed by atoms with Gasteiger partial charge in [-0.25, -0.2) is 14.3 Å². The van der Waals surface area contributed by atoms with Crippen molar-refractivity contribution in [3.63, 3.8) is 0 Å². The molecular formula is C16H20F2N2O3S2. The Balaban J connectivity index is 1.87. The largest absolute Gasteiger partial charge is 0.382 e. The van der Waals surface area contributed by atoms with Crippen LogP contribution < -0.4 is 10.8 Å². The van der Waals surface area contributed by atoms with Gasteiger partial charge < -0.3 is 10.4 Å². The Kier molecular flexibility index (Phi) is 7.03. The van der Waals surface area contributed by atoms with Gasteiger partial charge in [0.15, 0.2) is 0 Å². The second-order valence-corrected chi connectivity index (χ2v) is 7.85. The van der Waals surface area contributed by atoms with Crippen molar-refractivity contribution in [2.45, 2.75) is 37.8 Å². The van der Waals surface area contributed by atoms with Crippen molar-refractivity contribution in [1.82, 2.24) is 10.8 Å². The number of thiophene rings is 2. The van der Waals surface area contributed by atoms with E-state index in [1.165, 1.54) is 15.2 Å². The zero-order chi connectivity index (χ0) is 18.4. The molecule has 0 radical (unpaired) electrons. The van der Waals surface area contributed by atoms with E-state index in [2.05, 4.69) is 5.32 Å². The summed E-state index contributed by atoms with van der Waals surface area (Å²) in [6.07, 6.45) is -1.82. The first-order valence-electron chi connectivity index (χ1n) is 7.66. The van der Waals surface area contributed by atoms with E-state index in [4.69, 9.17) is 5.21 Å². The first kappa shape index (κ1) is 19.9. The molecule has 2 aromatic heterocycles. The van der Waals surface area contributed by atoms with Gasteiger partial charge in [-0.05, 0) is 49.9 Å². The topological polar surface area (TPSA) is 81.6 Å². The maximum Gasteiger partial charge on any atom is 0.268 e. The Bertz CT molecular complexity index is 675. The Morgan fingerprint density at radius 1 is 1.32 bits per heavy atom. The number of aryl methyl sites for hydroxylation is 1. The summed E-state index contributed by atoms with van der Waals surface area (Å²) in [4.78, 5) is 15.1. The summed E-state index contributed by atoms with van der Waals surface area (Å²) in [5, 5.41) is 23.1. The van der Waals surface area contributed by atoms with E-state index in [1.54, 1.807) is 22.7 Å². The van der Waals surface area contributed by atoms with Gasteiger partial charge in [-0.15, -0.1) is 22.7 Å². The van der Waals surface area contributed by atoms with Crippen LogP contribution in [0.3, 0.4) is 0 Å². The quantitative estimate of drug-likeness (QED) is 0.302. The maximum absolute atomic E-state index is 12.9. The van der Waals surface area contributed by atoms with Gasteiger partial charge in [0.1, 0.15) is 11.6 Å². The summed E-state index contributed by atoms with van der Waals surface area (Å²) in [5.74, 6) is -1.10. The molecule has 0 aliphatic heterocycles. The third kappa shape index (κ3) is 5.05. The molecule has 1 amide bonds. The molecule has 2 atom stereocenters. The highest BCUT2D eigenvalue weighted by Gasteiger charge is 2.44. The fraction of sp³-hybridized carbons (Fsp3) is 0.438. The normalized spacial score (nSPS) is 15.1. The van der Waals surface area contributed by atoms with E-state index < -0.39 is 24.0 Å². The Morgan fingerprint density at radius 3 is 2.68 bits per heavy atom. The molecule has 0 bridgehead atoms. The molecule has 0 spiro atoms. The van der Waals surface area contributed by atoms with E-state index in [9.17, 15) is 18.7 Å². The lowest BCUT2D eigenvalue weighted by atomic mass is 9.96. The maximum atomic E-state index is 12.9. The summed E-state index contributed by atoms with van der Waals surface area (Å²) in [5.41, 5.74) is -1.27. The second kappa shape index (κ2) is 8.81.